The van der Waals surface area contributed by atoms with Gasteiger partial charge < -0.3 is 9.45 Å². The lowest BCUT2D eigenvalue weighted by Gasteiger charge is -2.23. The third kappa shape index (κ3) is 9.28. The van der Waals surface area contributed by atoms with E-state index in [1.807, 2.05) is 103 Å². The van der Waals surface area contributed by atoms with Crippen molar-refractivity contribution in [3.8, 4) is 11.3 Å². The minimum Gasteiger partial charge on any atom is -0.748 e. The molecular formula is C34H37N3O7S5. The molecule has 5 rings (SSSR count). The van der Waals surface area contributed by atoms with Crippen LogP contribution in [0.4, 0.5) is 0 Å². The van der Waals surface area contributed by atoms with Crippen LogP contribution in [0.1, 0.15) is 42.1 Å². The SMILES string of the molecule is CCn1c(=O)/c(=C\C=C2/SC(C)=C(c3ccccc3)N2CCCS(=O)(=O)O)s/c1=C\c1sc(C)c(-c2ccccc2)[n+]1CCCS(=O)(=O)[O-]. The van der Waals surface area contributed by atoms with Crippen molar-refractivity contribution in [2.45, 2.75) is 46.7 Å². The maximum Gasteiger partial charge on any atom is 0.269 e. The van der Waals surface area contributed by atoms with Crippen LogP contribution in [0.5, 0.6) is 0 Å². The number of hydrogen-bond acceptors (Lipinski definition) is 10. The number of aryl methyl sites for hydroxylation is 1. The van der Waals surface area contributed by atoms with E-state index in [2.05, 4.69) is 0 Å². The Labute approximate surface area is 298 Å². The summed E-state index contributed by atoms with van der Waals surface area (Å²) >= 11 is 4.42. The molecule has 0 unspecified atom stereocenters. The van der Waals surface area contributed by atoms with Gasteiger partial charge in [0.05, 0.1) is 42.1 Å². The zero-order valence-corrected chi connectivity index (χ0v) is 31.3. The molecule has 49 heavy (non-hydrogen) atoms. The second-order valence-corrected chi connectivity index (χ2v) is 17.9. The summed E-state index contributed by atoms with van der Waals surface area (Å²) in [6, 6.07) is 19.6. The topological polar surface area (TPSA) is 141 Å². The van der Waals surface area contributed by atoms with Gasteiger partial charge in [-0.15, -0.1) is 11.3 Å². The number of benzene rings is 2. The van der Waals surface area contributed by atoms with Crippen LogP contribution >= 0.6 is 34.4 Å². The Morgan fingerprint density at radius 3 is 2.16 bits per heavy atom. The summed E-state index contributed by atoms with van der Waals surface area (Å²) in [6.07, 6.45) is 5.98. The van der Waals surface area contributed by atoms with E-state index >= 15 is 0 Å². The highest BCUT2D eigenvalue weighted by molar-refractivity contribution is 8.07. The Morgan fingerprint density at radius 2 is 1.55 bits per heavy atom. The van der Waals surface area contributed by atoms with Crippen LogP contribution in [0.15, 0.2) is 81.5 Å². The van der Waals surface area contributed by atoms with Crippen LogP contribution in [0.2, 0.25) is 0 Å². The van der Waals surface area contributed by atoms with E-state index in [-0.39, 0.29) is 24.2 Å². The highest BCUT2D eigenvalue weighted by atomic mass is 32.2. The molecular weight excluding hydrogens is 723 g/mol. The Bertz CT molecular complexity index is 2290. The first-order valence-corrected chi connectivity index (χ1v) is 21.2. The van der Waals surface area contributed by atoms with Gasteiger partial charge in [0.15, 0.2) is 6.54 Å². The zero-order valence-electron chi connectivity index (χ0n) is 27.2. The van der Waals surface area contributed by atoms with E-state index in [0.29, 0.717) is 24.2 Å². The average molecular weight is 760 g/mol. The molecule has 2 aromatic heterocycles. The van der Waals surface area contributed by atoms with Crippen molar-refractivity contribution in [1.29, 1.82) is 0 Å². The van der Waals surface area contributed by atoms with Crippen molar-refractivity contribution in [3.05, 3.63) is 112 Å². The molecule has 4 aromatic rings. The van der Waals surface area contributed by atoms with E-state index in [0.717, 1.165) is 47.0 Å². The van der Waals surface area contributed by atoms with Gasteiger partial charge in [0.25, 0.3) is 20.7 Å². The Morgan fingerprint density at radius 1 is 0.898 bits per heavy atom. The summed E-state index contributed by atoms with van der Waals surface area (Å²) in [4.78, 5) is 17.7. The van der Waals surface area contributed by atoms with Gasteiger partial charge in [0, 0.05) is 35.7 Å². The number of rotatable bonds is 13. The molecule has 10 nitrogen and oxygen atoms in total. The molecule has 260 valence electrons. The monoisotopic (exact) mass is 759 g/mol. The molecule has 0 atom stereocenters. The van der Waals surface area contributed by atoms with Crippen molar-refractivity contribution >= 4 is 72.5 Å². The molecule has 3 heterocycles. The number of allylic oxidation sites excluding steroid dienone is 2. The number of hydrogen-bond donors (Lipinski definition) is 1. The fourth-order valence-corrected chi connectivity index (χ4v) is 9.99. The second kappa shape index (κ2) is 15.7. The molecule has 0 saturated carbocycles. The Hall–Kier alpha value is -3.31. The molecule has 0 fully saturated rings. The lowest BCUT2D eigenvalue weighted by molar-refractivity contribution is -0.683. The largest absolute Gasteiger partial charge is 0.748 e. The molecule has 0 aliphatic carbocycles. The third-order valence-corrected chi connectivity index (χ3v) is 12.6. The van der Waals surface area contributed by atoms with Crippen molar-refractivity contribution in [2.75, 3.05) is 18.1 Å². The number of thiazole rings is 2. The first-order valence-electron chi connectivity index (χ1n) is 15.6. The third-order valence-electron chi connectivity index (χ3n) is 7.79. The minimum atomic E-state index is -4.37. The minimum absolute atomic E-state index is 0.148. The molecule has 0 amide bonds. The zero-order chi connectivity index (χ0) is 35.3. The summed E-state index contributed by atoms with van der Waals surface area (Å²) < 4.78 is 71.5. The fraction of sp³-hybridized carbons (Fsp3) is 0.294. The molecule has 1 N–H and O–H groups in total. The predicted octanol–water partition coefficient (Wildman–Crippen LogP) is 4.36. The predicted molar refractivity (Wildman–Crippen MR) is 198 cm³/mol. The summed E-state index contributed by atoms with van der Waals surface area (Å²) in [6.45, 7) is 7.00. The summed E-state index contributed by atoms with van der Waals surface area (Å²) in [5, 5.41) is 1.66. The van der Waals surface area contributed by atoms with Crippen LogP contribution in [0.25, 0.3) is 29.1 Å². The van der Waals surface area contributed by atoms with Crippen molar-refractivity contribution in [3.63, 3.8) is 0 Å². The summed E-state index contributed by atoms with van der Waals surface area (Å²) in [7, 11) is -8.49. The van der Waals surface area contributed by atoms with Gasteiger partial charge in [0.1, 0.15) is 4.66 Å². The van der Waals surface area contributed by atoms with E-state index in [1.165, 1.54) is 34.4 Å². The van der Waals surface area contributed by atoms with E-state index < -0.39 is 26.0 Å². The van der Waals surface area contributed by atoms with Crippen LogP contribution in [0, 0.1) is 6.92 Å². The first-order chi connectivity index (χ1) is 23.3. The van der Waals surface area contributed by atoms with Crippen LogP contribution in [0.3, 0.4) is 0 Å². The van der Waals surface area contributed by atoms with Gasteiger partial charge in [-0.1, -0.05) is 71.6 Å². The highest BCUT2D eigenvalue weighted by Gasteiger charge is 2.27. The quantitative estimate of drug-likeness (QED) is 0.156. The van der Waals surface area contributed by atoms with Gasteiger partial charge in [0.2, 0.25) is 5.69 Å². The smallest absolute Gasteiger partial charge is 0.269 e. The number of aromatic nitrogens is 2. The Kier molecular flexibility index (Phi) is 11.8. The van der Waals surface area contributed by atoms with Crippen molar-refractivity contribution in [1.82, 2.24) is 9.47 Å². The molecule has 0 spiro atoms. The van der Waals surface area contributed by atoms with Gasteiger partial charge in [-0.05, 0) is 57.0 Å². The molecule has 0 saturated heterocycles. The van der Waals surface area contributed by atoms with E-state index in [4.69, 9.17) is 0 Å². The second-order valence-electron chi connectivity index (χ2n) is 11.3. The van der Waals surface area contributed by atoms with Crippen LogP contribution < -0.4 is 19.3 Å². The molecule has 2 aromatic carbocycles. The van der Waals surface area contributed by atoms with E-state index in [1.54, 1.807) is 10.6 Å². The number of thioether (sulfide) groups is 1. The van der Waals surface area contributed by atoms with Crippen LogP contribution in [-0.2, 0) is 33.3 Å². The van der Waals surface area contributed by atoms with Crippen molar-refractivity contribution < 1.29 is 30.5 Å². The molecule has 15 heteroatoms. The van der Waals surface area contributed by atoms with Crippen LogP contribution in [-0.4, -0.2) is 53.5 Å². The normalized spacial score (nSPS) is 15.7. The van der Waals surface area contributed by atoms with Gasteiger partial charge >= 0.3 is 0 Å². The molecule has 1 aliphatic rings. The number of nitrogens with zero attached hydrogens (tertiary/aromatic N) is 3. The lowest BCUT2D eigenvalue weighted by atomic mass is 10.1. The summed E-state index contributed by atoms with van der Waals surface area (Å²) in [5.74, 6) is -0.835. The molecule has 0 radical (unpaired) electrons. The highest BCUT2D eigenvalue weighted by Crippen LogP contribution is 2.45. The van der Waals surface area contributed by atoms with Crippen molar-refractivity contribution in [2.24, 2.45) is 0 Å². The fourth-order valence-electron chi connectivity index (χ4n) is 5.72. The van der Waals surface area contributed by atoms with E-state index in [9.17, 15) is 30.7 Å². The molecule has 1 aliphatic heterocycles. The maximum atomic E-state index is 13.7. The summed E-state index contributed by atoms with van der Waals surface area (Å²) in [5.41, 5.74) is 3.68. The average Bonchev–Trinajstić information content (AvgIpc) is 3.64. The van der Waals surface area contributed by atoms with Gasteiger partial charge in [-0.3, -0.25) is 13.9 Å². The van der Waals surface area contributed by atoms with Gasteiger partial charge in [-0.2, -0.15) is 13.0 Å². The Balaban J connectivity index is 1.57. The lowest BCUT2D eigenvalue weighted by Crippen LogP contribution is -2.39. The first kappa shape index (κ1) is 37.0. The molecule has 0 bridgehead atoms. The standard InChI is InChI=1S/C34H37N3O7S5/c1-4-35-30(23-31-37(20-12-22-49(42,43)44)33(25(3)46-31)27-15-9-6-10-16-27)47-28(34(35)38)17-18-29-36(19-11-21-48(39,40)41)32(24(2)45-29)26-13-7-5-8-14-26/h5-10,13-18,23H,4,11-12,19-22H2,1-3H3,(H-,39,40,41,42,43,44)/b28-17+,29-18-. The maximum absolute atomic E-state index is 13.7. The van der Waals surface area contributed by atoms with Gasteiger partial charge in [-0.25, -0.2) is 8.42 Å².